The minimum Gasteiger partial charge on any atom is -0.493 e. The highest BCUT2D eigenvalue weighted by Gasteiger charge is 2.23. The molecule has 1 heterocycles. The number of benzene rings is 3. The second-order valence-corrected chi connectivity index (χ2v) is 9.67. The number of aryl methyl sites for hydroxylation is 2. The number of carbonyl (C=O) groups is 1. The van der Waals surface area contributed by atoms with Gasteiger partial charge >= 0.3 is 0 Å². The maximum absolute atomic E-state index is 14.2. The molecule has 1 aliphatic heterocycles. The number of nitrogens with zero attached hydrogens (tertiary/aromatic N) is 2. The molecular weight excluding hydrogens is 513 g/mol. The Morgan fingerprint density at radius 2 is 1.81 bits per heavy atom. The smallest absolute Gasteiger partial charge is 0.262 e. The van der Waals surface area contributed by atoms with Gasteiger partial charge in [0, 0.05) is 37.4 Å². The number of thiocarbonyl (C=S) groups is 1. The number of carbonyl (C=O) groups excluding carboxylic acids is 1. The molecule has 0 unspecified atom stereocenters. The van der Waals surface area contributed by atoms with E-state index in [1.54, 1.807) is 24.3 Å². The van der Waals surface area contributed by atoms with Crippen molar-refractivity contribution in [3.05, 3.63) is 82.1 Å². The maximum Gasteiger partial charge on any atom is 0.262 e. The summed E-state index contributed by atoms with van der Waals surface area (Å²) in [6, 6.07) is 16.0. The van der Waals surface area contributed by atoms with Gasteiger partial charge in [0.15, 0.2) is 18.1 Å². The highest BCUT2D eigenvalue weighted by molar-refractivity contribution is 7.80. The van der Waals surface area contributed by atoms with Crippen molar-refractivity contribution in [1.82, 2.24) is 4.90 Å². The summed E-state index contributed by atoms with van der Waals surface area (Å²) in [5, 5.41) is 3.15. The van der Waals surface area contributed by atoms with Crippen LogP contribution >= 0.6 is 23.8 Å². The number of anilines is 2. The number of methoxy groups -OCH3 is 1. The fraction of sp³-hybridized carbons (Fsp3) is 0.286. The quantitative estimate of drug-likeness (QED) is 0.392. The number of piperazine rings is 1. The number of nitrogens with one attached hydrogen (secondary N) is 1. The summed E-state index contributed by atoms with van der Waals surface area (Å²) >= 11 is 12.3. The van der Waals surface area contributed by atoms with Gasteiger partial charge in [0.05, 0.1) is 17.8 Å². The molecule has 0 aliphatic carbocycles. The van der Waals surface area contributed by atoms with Crippen LogP contribution in [0.3, 0.4) is 0 Å². The lowest BCUT2D eigenvalue weighted by atomic mass is 10.1. The van der Waals surface area contributed by atoms with Crippen molar-refractivity contribution in [3.8, 4) is 11.5 Å². The van der Waals surface area contributed by atoms with Gasteiger partial charge in [-0.25, -0.2) is 4.39 Å². The van der Waals surface area contributed by atoms with Crippen LogP contribution in [0, 0.1) is 19.7 Å². The fourth-order valence-electron chi connectivity index (χ4n) is 4.30. The largest absolute Gasteiger partial charge is 0.493 e. The lowest BCUT2D eigenvalue weighted by molar-refractivity contribution is -0.118. The molecular formula is C28H29ClFN3O3S. The minimum absolute atomic E-state index is 0.228. The molecule has 4 rings (SSSR count). The Labute approximate surface area is 226 Å². The molecule has 1 amide bonds. The van der Waals surface area contributed by atoms with E-state index in [0.717, 1.165) is 16.8 Å². The van der Waals surface area contributed by atoms with Crippen LogP contribution in [0.5, 0.6) is 11.5 Å². The van der Waals surface area contributed by atoms with Crippen molar-refractivity contribution in [2.24, 2.45) is 0 Å². The summed E-state index contributed by atoms with van der Waals surface area (Å²) in [7, 11) is 1.51. The maximum atomic E-state index is 14.2. The van der Waals surface area contributed by atoms with E-state index < -0.39 is 0 Å². The summed E-state index contributed by atoms with van der Waals surface area (Å²) in [5.41, 5.74) is 4.13. The number of halogens is 2. The van der Waals surface area contributed by atoms with Crippen molar-refractivity contribution in [2.45, 2.75) is 13.8 Å². The number of ether oxygens (including phenoxy) is 2. The third-order valence-electron chi connectivity index (χ3n) is 6.24. The number of amides is 1. The molecule has 3 aromatic rings. The molecule has 3 aromatic carbocycles. The van der Waals surface area contributed by atoms with Crippen LogP contribution in [0.2, 0.25) is 5.02 Å². The van der Waals surface area contributed by atoms with Crippen molar-refractivity contribution >= 4 is 46.1 Å². The van der Waals surface area contributed by atoms with Crippen LogP contribution < -0.4 is 19.7 Å². The molecule has 1 aliphatic rings. The van der Waals surface area contributed by atoms with Crippen LogP contribution in [-0.4, -0.2) is 55.7 Å². The molecule has 9 heteroatoms. The van der Waals surface area contributed by atoms with Gasteiger partial charge in [-0.05, 0) is 49.7 Å². The third kappa shape index (κ3) is 6.32. The number of hydrogen-bond donors (Lipinski definition) is 1. The van der Waals surface area contributed by atoms with Gasteiger partial charge in [-0.2, -0.15) is 0 Å². The predicted octanol–water partition coefficient (Wildman–Crippen LogP) is 5.62. The highest BCUT2D eigenvalue weighted by Crippen LogP contribution is 2.37. The average Bonchev–Trinajstić information content (AvgIpc) is 2.89. The lowest BCUT2D eigenvalue weighted by Crippen LogP contribution is -2.48. The Morgan fingerprint density at radius 3 is 2.49 bits per heavy atom. The van der Waals surface area contributed by atoms with Gasteiger partial charge < -0.3 is 24.6 Å². The van der Waals surface area contributed by atoms with Gasteiger partial charge in [-0.3, -0.25) is 4.79 Å². The molecule has 0 aromatic heterocycles. The number of hydrogen-bond acceptors (Lipinski definition) is 5. The van der Waals surface area contributed by atoms with Gasteiger partial charge in [0.2, 0.25) is 0 Å². The number of para-hydroxylation sites is 1. The third-order valence-corrected chi connectivity index (χ3v) is 7.01. The molecule has 1 fully saturated rings. The van der Waals surface area contributed by atoms with E-state index >= 15 is 0 Å². The normalized spacial score (nSPS) is 13.3. The van der Waals surface area contributed by atoms with E-state index in [2.05, 4.69) is 10.2 Å². The Balaban J connectivity index is 1.40. The van der Waals surface area contributed by atoms with E-state index in [0.29, 0.717) is 53.2 Å². The summed E-state index contributed by atoms with van der Waals surface area (Å²) < 4.78 is 25.4. The summed E-state index contributed by atoms with van der Waals surface area (Å²) in [6.07, 6.45) is 0. The van der Waals surface area contributed by atoms with E-state index in [1.165, 1.54) is 13.2 Å². The minimum atomic E-state index is -0.308. The van der Waals surface area contributed by atoms with Gasteiger partial charge in [-0.15, -0.1) is 0 Å². The molecule has 1 N–H and O–H groups in total. The first-order valence-electron chi connectivity index (χ1n) is 11.9. The van der Waals surface area contributed by atoms with Crippen molar-refractivity contribution in [3.63, 3.8) is 0 Å². The molecule has 0 bridgehead atoms. The topological polar surface area (TPSA) is 54.0 Å². The second kappa shape index (κ2) is 11.8. The van der Waals surface area contributed by atoms with E-state index in [4.69, 9.17) is 33.3 Å². The van der Waals surface area contributed by atoms with Crippen LogP contribution in [0.15, 0.2) is 54.6 Å². The van der Waals surface area contributed by atoms with Gasteiger partial charge in [0.1, 0.15) is 10.8 Å². The molecule has 0 spiro atoms. The van der Waals surface area contributed by atoms with Crippen LogP contribution in [0.4, 0.5) is 15.8 Å². The molecule has 0 radical (unpaired) electrons. The molecule has 0 saturated carbocycles. The standard InChI is InChI=1S/C28H29ClFN3O3S/c1-18-8-9-23(19(2)14-18)31-26(34)17-36-27-21(29)15-20(16-25(27)35-3)28(37)33-12-10-32(11-13-33)24-7-5-4-6-22(24)30/h4-9,14-16H,10-13,17H2,1-3H3,(H,31,34). The van der Waals surface area contributed by atoms with E-state index in [9.17, 15) is 9.18 Å². The summed E-state index contributed by atoms with van der Waals surface area (Å²) in [5.74, 6) is 0.121. The first kappa shape index (κ1) is 26.7. The average molecular weight is 542 g/mol. The molecule has 37 heavy (non-hydrogen) atoms. The molecule has 1 saturated heterocycles. The predicted molar refractivity (Wildman–Crippen MR) is 150 cm³/mol. The Morgan fingerprint density at radius 1 is 1.08 bits per heavy atom. The Bertz CT molecular complexity index is 1310. The van der Waals surface area contributed by atoms with Crippen molar-refractivity contribution in [1.29, 1.82) is 0 Å². The fourth-order valence-corrected chi connectivity index (χ4v) is 4.87. The monoisotopic (exact) mass is 541 g/mol. The van der Waals surface area contributed by atoms with Crippen LogP contribution in [-0.2, 0) is 4.79 Å². The second-order valence-electron chi connectivity index (χ2n) is 8.88. The van der Waals surface area contributed by atoms with Gasteiger partial charge in [-0.1, -0.05) is 53.6 Å². The zero-order valence-electron chi connectivity index (χ0n) is 21.0. The molecule has 0 atom stereocenters. The number of rotatable bonds is 7. The molecule has 194 valence electrons. The Hall–Kier alpha value is -3.36. The lowest BCUT2D eigenvalue weighted by Gasteiger charge is -2.37. The first-order chi connectivity index (χ1) is 17.8. The summed E-state index contributed by atoms with van der Waals surface area (Å²) in [6.45, 7) is 6.27. The highest BCUT2D eigenvalue weighted by atomic mass is 35.5. The summed E-state index contributed by atoms with van der Waals surface area (Å²) in [4.78, 5) is 17.2. The SMILES string of the molecule is COc1cc(C(=S)N2CCN(c3ccccc3F)CC2)cc(Cl)c1OCC(=O)Nc1ccc(C)cc1C. The first-order valence-corrected chi connectivity index (χ1v) is 12.7. The van der Waals surface area contributed by atoms with E-state index in [-0.39, 0.29) is 24.1 Å². The zero-order valence-corrected chi connectivity index (χ0v) is 22.6. The van der Waals surface area contributed by atoms with E-state index in [1.807, 2.05) is 43.0 Å². The van der Waals surface area contributed by atoms with Crippen molar-refractivity contribution < 1.29 is 18.7 Å². The van der Waals surface area contributed by atoms with Crippen molar-refractivity contribution in [2.75, 3.05) is 50.1 Å². The molecule has 6 nitrogen and oxygen atoms in total. The van der Waals surface area contributed by atoms with Gasteiger partial charge in [0.25, 0.3) is 5.91 Å². The van der Waals surface area contributed by atoms with Crippen LogP contribution in [0.25, 0.3) is 0 Å². The Kier molecular flexibility index (Phi) is 8.51. The zero-order chi connectivity index (χ0) is 26.5. The van der Waals surface area contributed by atoms with Crippen LogP contribution in [0.1, 0.15) is 16.7 Å².